The van der Waals surface area contributed by atoms with Gasteiger partial charge in [-0.25, -0.2) is 14.5 Å². The summed E-state index contributed by atoms with van der Waals surface area (Å²) >= 11 is 0. The van der Waals surface area contributed by atoms with E-state index in [1.165, 1.54) is 17.0 Å². The molecule has 1 aliphatic heterocycles. The third-order valence-corrected chi connectivity index (χ3v) is 3.58. The first-order valence-electron chi connectivity index (χ1n) is 6.11. The minimum atomic E-state index is -1.67. The topological polar surface area (TPSA) is 139 Å². The fourth-order valence-corrected chi connectivity index (χ4v) is 2.38. The van der Waals surface area contributed by atoms with Crippen molar-refractivity contribution < 1.29 is 20.1 Å². The van der Waals surface area contributed by atoms with E-state index in [-0.39, 0.29) is 5.82 Å². The van der Waals surface area contributed by atoms with Crippen molar-refractivity contribution in [3.63, 3.8) is 0 Å². The van der Waals surface area contributed by atoms with Gasteiger partial charge in [0.15, 0.2) is 17.1 Å². The third kappa shape index (κ3) is 1.78. The zero-order valence-corrected chi connectivity index (χ0v) is 10.8. The van der Waals surface area contributed by atoms with E-state index in [4.69, 9.17) is 16.9 Å². The van der Waals surface area contributed by atoms with Crippen molar-refractivity contribution >= 4 is 11.5 Å². The van der Waals surface area contributed by atoms with Gasteiger partial charge in [-0.2, -0.15) is 5.10 Å². The van der Waals surface area contributed by atoms with Crippen LogP contribution in [0.5, 0.6) is 0 Å². The molecule has 2 aromatic heterocycles. The third-order valence-electron chi connectivity index (χ3n) is 3.58. The second kappa shape index (κ2) is 4.64. The van der Waals surface area contributed by atoms with Gasteiger partial charge in [-0.05, 0) is 0 Å². The van der Waals surface area contributed by atoms with E-state index in [1.54, 1.807) is 0 Å². The molecule has 9 nitrogen and oxygen atoms in total. The molecule has 1 saturated heterocycles. The lowest BCUT2D eigenvalue weighted by atomic mass is 9.96. The Labute approximate surface area is 119 Å². The highest BCUT2D eigenvalue weighted by molar-refractivity contribution is 5.58. The first-order chi connectivity index (χ1) is 10.0. The number of aliphatic hydroxyl groups excluding tert-OH is 3. The number of aliphatic hydroxyl groups is 3. The van der Waals surface area contributed by atoms with Gasteiger partial charge >= 0.3 is 0 Å². The molecule has 0 radical (unpaired) electrons. The number of hydrogen-bond donors (Lipinski definition) is 4. The maximum absolute atomic E-state index is 10.2. The lowest BCUT2D eigenvalue weighted by molar-refractivity contribution is -0.0732. The Bertz CT molecular complexity index is 726. The molecule has 5 N–H and O–H groups in total. The van der Waals surface area contributed by atoms with E-state index < -0.39 is 30.5 Å². The molecule has 1 fully saturated rings. The summed E-state index contributed by atoms with van der Waals surface area (Å²) in [5.41, 5.74) is 4.64. The van der Waals surface area contributed by atoms with E-state index in [9.17, 15) is 15.3 Å². The van der Waals surface area contributed by atoms with Crippen LogP contribution in [0.2, 0.25) is 0 Å². The van der Waals surface area contributed by atoms with Crippen LogP contribution in [0.3, 0.4) is 0 Å². The van der Waals surface area contributed by atoms with Crippen molar-refractivity contribution in [2.75, 3.05) is 12.3 Å². The van der Waals surface area contributed by atoms with Crippen LogP contribution in [-0.4, -0.2) is 59.3 Å². The first kappa shape index (κ1) is 13.7. The molecule has 0 saturated carbocycles. The summed E-state index contributed by atoms with van der Waals surface area (Å²) in [7, 11) is 0. The Kier molecular flexibility index (Phi) is 3.03. The summed E-state index contributed by atoms with van der Waals surface area (Å²) in [5.74, 6) is 2.35. The number of aromatic nitrogens is 4. The van der Waals surface area contributed by atoms with Crippen LogP contribution in [0.1, 0.15) is 11.8 Å². The van der Waals surface area contributed by atoms with Crippen molar-refractivity contribution in [3.8, 4) is 12.3 Å². The predicted octanol–water partition coefficient (Wildman–Crippen LogP) is -2.14. The molecule has 1 aliphatic rings. The van der Waals surface area contributed by atoms with Gasteiger partial charge in [0.1, 0.15) is 24.6 Å². The average Bonchev–Trinajstić information content (AvgIpc) is 3.02. The normalized spacial score (nSPS) is 32.4. The summed E-state index contributed by atoms with van der Waals surface area (Å²) in [6.07, 6.45) is 4.14. The summed E-state index contributed by atoms with van der Waals surface area (Å²) in [6.45, 7) is -0.633. The van der Waals surface area contributed by atoms with Gasteiger partial charge in [0.2, 0.25) is 0 Å². The Balaban J connectivity index is 2.08. The molecule has 110 valence electrons. The highest BCUT2D eigenvalue weighted by Crippen LogP contribution is 2.39. The van der Waals surface area contributed by atoms with Gasteiger partial charge in [-0.15, -0.1) is 6.42 Å². The molecular weight excluding hydrogens is 278 g/mol. The van der Waals surface area contributed by atoms with Gasteiger partial charge in [0.05, 0.1) is 18.5 Å². The number of hydrogen-bond acceptors (Lipinski definition) is 8. The molecule has 3 rings (SSSR count). The van der Waals surface area contributed by atoms with Crippen molar-refractivity contribution in [2.24, 2.45) is 0 Å². The van der Waals surface area contributed by atoms with Gasteiger partial charge in [0, 0.05) is 0 Å². The lowest BCUT2D eigenvalue weighted by Gasteiger charge is -2.23. The molecule has 2 aromatic rings. The largest absolute Gasteiger partial charge is 0.392 e. The molecule has 21 heavy (non-hydrogen) atoms. The van der Waals surface area contributed by atoms with Crippen molar-refractivity contribution in [3.05, 3.63) is 18.2 Å². The number of nitrogens with zero attached hydrogens (tertiary/aromatic N) is 4. The Hall–Kier alpha value is -2.25. The molecular formula is C12H13N5O4. The van der Waals surface area contributed by atoms with Crippen LogP contribution in [-0.2, 0) is 4.74 Å². The number of ether oxygens (including phenoxy) is 1. The van der Waals surface area contributed by atoms with Crippen molar-refractivity contribution in [1.29, 1.82) is 0 Å². The maximum atomic E-state index is 10.2. The Morgan fingerprint density at radius 1 is 1.48 bits per heavy atom. The lowest BCUT2D eigenvalue weighted by Crippen LogP contribution is -2.44. The SMILES string of the molecule is C#C[C@]1(CO)O[C@@H](c2cnc3c(N)ncnn23)C(O)[C@H]1O. The van der Waals surface area contributed by atoms with Crippen LogP contribution in [0.25, 0.3) is 5.65 Å². The molecule has 0 spiro atoms. The molecule has 0 aliphatic carbocycles. The maximum Gasteiger partial charge on any atom is 0.196 e. The van der Waals surface area contributed by atoms with E-state index in [0.29, 0.717) is 11.3 Å². The minimum Gasteiger partial charge on any atom is -0.392 e. The van der Waals surface area contributed by atoms with Crippen LogP contribution in [0, 0.1) is 12.3 Å². The Morgan fingerprint density at radius 2 is 2.24 bits per heavy atom. The van der Waals surface area contributed by atoms with Crippen LogP contribution >= 0.6 is 0 Å². The van der Waals surface area contributed by atoms with Gasteiger partial charge in [0.25, 0.3) is 0 Å². The molecule has 0 amide bonds. The van der Waals surface area contributed by atoms with Gasteiger partial charge in [-0.3, -0.25) is 0 Å². The predicted molar refractivity (Wildman–Crippen MR) is 69.7 cm³/mol. The molecule has 0 aromatic carbocycles. The molecule has 4 atom stereocenters. The second-order valence-corrected chi connectivity index (χ2v) is 4.73. The second-order valence-electron chi connectivity index (χ2n) is 4.73. The first-order valence-corrected chi connectivity index (χ1v) is 6.11. The number of fused-ring (bicyclic) bond motifs is 1. The standard InChI is InChI=1S/C12H13N5O4/c1-2-12(4-18)9(20)7(19)8(21-12)6-3-14-11-10(13)15-5-16-17(6)11/h1,3,5,7-9,18-20H,4H2,(H2,13,15,16)/t7?,8-,9+,12+/m0/s1. The van der Waals surface area contributed by atoms with E-state index in [1.807, 2.05) is 0 Å². The number of rotatable bonds is 2. The molecule has 1 unspecified atom stereocenters. The minimum absolute atomic E-state index is 0.162. The summed E-state index contributed by atoms with van der Waals surface area (Å²) < 4.78 is 6.86. The fourth-order valence-electron chi connectivity index (χ4n) is 2.38. The van der Waals surface area contributed by atoms with Gasteiger partial charge in [-0.1, -0.05) is 5.92 Å². The van der Waals surface area contributed by atoms with Crippen molar-refractivity contribution in [2.45, 2.75) is 23.9 Å². The smallest absolute Gasteiger partial charge is 0.196 e. The summed E-state index contributed by atoms with van der Waals surface area (Å²) in [4.78, 5) is 7.85. The summed E-state index contributed by atoms with van der Waals surface area (Å²) in [5, 5.41) is 33.6. The monoisotopic (exact) mass is 291 g/mol. The average molecular weight is 291 g/mol. The number of anilines is 1. The molecule has 0 bridgehead atoms. The number of terminal acetylenes is 1. The van der Waals surface area contributed by atoms with Crippen molar-refractivity contribution in [1.82, 2.24) is 19.6 Å². The molecule has 9 heteroatoms. The molecule has 3 heterocycles. The highest BCUT2D eigenvalue weighted by Gasteiger charge is 2.54. The van der Waals surface area contributed by atoms with E-state index in [2.05, 4.69) is 21.0 Å². The zero-order chi connectivity index (χ0) is 15.2. The van der Waals surface area contributed by atoms with Crippen LogP contribution in [0.15, 0.2) is 12.5 Å². The fraction of sp³-hybridized carbons (Fsp3) is 0.417. The highest BCUT2D eigenvalue weighted by atomic mass is 16.6. The van der Waals surface area contributed by atoms with Crippen LogP contribution < -0.4 is 5.73 Å². The zero-order valence-electron chi connectivity index (χ0n) is 10.8. The Morgan fingerprint density at radius 3 is 2.86 bits per heavy atom. The number of nitrogen functional groups attached to an aromatic ring is 1. The number of nitrogens with two attached hydrogens (primary N) is 1. The quantitative estimate of drug-likeness (QED) is 0.460. The van der Waals surface area contributed by atoms with E-state index >= 15 is 0 Å². The number of imidazole rings is 1. The van der Waals surface area contributed by atoms with E-state index in [0.717, 1.165) is 0 Å². The van der Waals surface area contributed by atoms with Gasteiger partial charge < -0.3 is 25.8 Å². The summed E-state index contributed by atoms with van der Waals surface area (Å²) in [6, 6.07) is 0. The van der Waals surface area contributed by atoms with Crippen LogP contribution in [0.4, 0.5) is 5.82 Å².